The van der Waals surface area contributed by atoms with E-state index in [0.29, 0.717) is 103 Å². The highest BCUT2D eigenvalue weighted by Gasteiger charge is 2.17. The van der Waals surface area contributed by atoms with Gasteiger partial charge in [0.15, 0.2) is 0 Å². The lowest BCUT2D eigenvalue weighted by molar-refractivity contribution is -0.117. The van der Waals surface area contributed by atoms with Crippen molar-refractivity contribution in [2.24, 2.45) is 5.73 Å². The lowest BCUT2D eigenvalue weighted by Crippen LogP contribution is -2.25. The molecule has 342 valence electrons. The van der Waals surface area contributed by atoms with E-state index in [1.54, 1.807) is 0 Å². The van der Waals surface area contributed by atoms with Crippen LogP contribution in [0.3, 0.4) is 0 Å². The number of carbonyl (C=O) groups is 2. The Bertz CT molecular complexity index is 1960. The maximum atomic E-state index is 12.7. The van der Waals surface area contributed by atoms with E-state index in [2.05, 4.69) is 62.4 Å². The fourth-order valence-electron chi connectivity index (χ4n) is 7.13. The number of unbranched alkanes of at least 4 members (excludes halogenated alkanes) is 4. The molecule has 0 atom stereocenters. The first-order valence-corrected chi connectivity index (χ1v) is 22.8. The third-order valence-corrected chi connectivity index (χ3v) is 10.1. The average Bonchev–Trinajstić information content (AvgIpc) is 3.28. The van der Waals surface area contributed by atoms with Crippen molar-refractivity contribution in [3.05, 3.63) is 137 Å². The Morgan fingerprint density at radius 2 is 1.02 bits per heavy atom. The summed E-state index contributed by atoms with van der Waals surface area (Å²) in [6, 6.07) is 29.8. The normalized spacial score (nSPS) is 11.3. The summed E-state index contributed by atoms with van der Waals surface area (Å²) in [5.41, 5.74) is 11.1. The van der Waals surface area contributed by atoms with Crippen LogP contribution in [0.4, 0.5) is 11.6 Å². The van der Waals surface area contributed by atoms with Crippen LogP contribution in [0.15, 0.2) is 103 Å². The molecule has 0 fully saturated rings. The van der Waals surface area contributed by atoms with Gasteiger partial charge in [0.1, 0.15) is 24.0 Å². The van der Waals surface area contributed by atoms with Crippen LogP contribution in [0.2, 0.25) is 0 Å². The molecule has 2 amide bonds. The van der Waals surface area contributed by atoms with Crippen molar-refractivity contribution in [3.63, 3.8) is 0 Å². The van der Waals surface area contributed by atoms with Gasteiger partial charge in [-0.25, -0.2) is 9.97 Å². The molecule has 64 heavy (non-hydrogen) atoms. The minimum atomic E-state index is -0.0248. The molecule has 4 heterocycles. The number of hydrogen-bond donors (Lipinski definition) is 3. The molecular formula is C50H67N9O5. The molecule has 0 aliphatic heterocycles. The molecule has 4 N–H and O–H groups in total. The average molecular weight is 874 g/mol. The van der Waals surface area contributed by atoms with E-state index in [4.69, 9.17) is 29.9 Å². The highest BCUT2D eigenvalue weighted by molar-refractivity contribution is 5.90. The van der Waals surface area contributed by atoms with Crippen LogP contribution >= 0.6 is 0 Å². The molecule has 0 saturated carbocycles. The number of ether oxygens (including phenoxy) is 3. The fraction of sp³-hybridized carbons (Fsp3) is 0.440. The molecule has 4 aromatic heterocycles. The quantitative estimate of drug-likeness (QED) is 0.0367. The van der Waals surface area contributed by atoms with Crippen LogP contribution in [-0.4, -0.2) is 81.1 Å². The first-order chi connectivity index (χ1) is 31.4. The third-order valence-electron chi connectivity index (χ3n) is 10.1. The summed E-state index contributed by atoms with van der Waals surface area (Å²) in [7, 11) is 0. The Labute approximate surface area is 379 Å². The summed E-state index contributed by atoms with van der Waals surface area (Å²) >= 11 is 0. The van der Waals surface area contributed by atoms with Crippen molar-refractivity contribution >= 4 is 23.5 Å². The second-order valence-corrected chi connectivity index (χ2v) is 15.8. The van der Waals surface area contributed by atoms with Crippen LogP contribution in [0.25, 0.3) is 0 Å². The zero-order valence-corrected chi connectivity index (χ0v) is 37.8. The third kappa shape index (κ3) is 19.4. The first kappa shape index (κ1) is 49.4. The van der Waals surface area contributed by atoms with E-state index in [1.807, 2.05) is 85.2 Å². The largest absolute Gasteiger partial charge is 0.491 e. The predicted molar refractivity (Wildman–Crippen MR) is 251 cm³/mol. The van der Waals surface area contributed by atoms with Gasteiger partial charge in [-0.3, -0.25) is 29.4 Å². The minimum Gasteiger partial charge on any atom is -0.491 e. The van der Waals surface area contributed by atoms with Crippen molar-refractivity contribution in [3.8, 4) is 5.75 Å². The molecule has 0 bridgehead atoms. The van der Waals surface area contributed by atoms with Gasteiger partial charge >= 0.3 is 0 Å². The summed E-state index contributed by atoms with van der Waals surface area (Å²) in [5, 5.41) is 5.98. The molecule has 0 unspecified atom stereocenters. The van der Waals surface area contributed by atoms with E-state index in [0.717, 1.165) is 78.2 Å². The molecule has 5 aromatic rings. The number of rotatable bonds is 31. The fourth-order valence-corrected chi connectivity index (χ4v) is 7.13. The Balaban J connectivity index is 1.40. The monoisotopic (exact) mass is 874 g/mol. The highest BCUT2D eigenvalue weighted by Crippen LogP contribution is 2.24. The van der Waals surface area contributed by atoms with Crippen molar-refractivity contribution in [1.29, 1.82) is 0 Å². The van der Waals surface area contributed by atoms with Gasteiger partial charge in [-0.15, -0.1) is 0 Å². The molecule has 0 saturated heterocycles. The van der Waals surface area contributed by atoms with Crippen molar-refractivity contribution in [1.82, 2.24) is 29.7 Å². The molecular weight excluding hydrogens is 807 g/mol. The van der Waals surface area contributed by atoms with Gasteiger partial charge in [-0.05, 0) is 84.6 Å². The zero-order valence-electron chi connectivity index (χ0n) is 37.8. The summed E-state index contributed by atoms with van der Waals surface area (Å²) < 4.78 is 17.6. The first-order valence-electron chi connectivity index (χ1n) is 22.8. The van der Waals surface area contributed by atoms with Crippen molar-refractivity contribution in [2.45, 2.75) is 104 Å². The van der Waals surface area contributed by atoms with Crippen LogP contribution in [-0.2, 0) is 58.3 Å². The Kier molecular flexibility index (Phi) is 22.3. The molecule has 0 radical (unpaired) electrons. The molecule has 0 spiro atoms. The van der Waals surface area contributed by atoms with Gasteiger partial charge in [0, 0.05) is 71.0 Å². The standard InChI is InChI=1S/C50H67N9O5/c1-3-5-7-21-49(60)56-47-19-13-17-44(54-47)38-58(36-42-15-9-11-24-52-42)34-40-31-41(33-46(32-40)64-30-29-63-28-27-62-26-23-51)35-59(37-43-16-10-12-25-53-43)39-45-18-14-20-48(55-45)57-50(61)22-8-6-4-2/h9-20,24-25,31-33H,3-8,21-23,26-30,34-39,51H2,1-2H3,(H,54,56,60)(H,55,57,61). The molecule has 1 aromatic carbocycles. The zero-order chi connectivity index (χ0) is 45.0. The summed E-state index contributed by atoms with van der Waals surface area (Å²) in [6.07, 6.45) is 10.4. The molecule has 0 aliphatic rings. The SMILES string of the molecule is CCCCCC(=O)Nc1cccc(CN(Cc2cc(CN(Cc3ccccn3)Cc3cccc(NC(=O)CCCCC)n3)cc(OCCOCCOCCN)c2)Cc2ccccn2)n1. The van der Waals surface area contributed by atoms with Gasteiger partial charge in [0.25, 0.3) is 0 Å². The topological polar surface area (TPSA) is 170 Å². The van der Waals surface area contributed by atoms with Gasteiger partial charge in [-0.2, -0.15) is 0 Å². The molecule has 14 nitrogen and oxygen atoms in total. The second-order valence-electron chi connectivity index (χ2n) is 15.8. The van der Waals surface area contributed by atoms with Gasteiger partial charge in [0.2, 0.25) is 11.8 Å². The van der Waals surface area contributed by atoms with E-state index in [1.165, 1.54) is 0 Å². The molecule has 5 rings (SSSR count). The molecule has 0 aliphatic carbocycles. The lowest BCUT2D eigenvalue weighted by atomic mass is 10.1. The number of aromatic nitrogens is 4. The number of nitrogens with zero attached hydrogens (tertiary/aromatic N) is 6. The van der Waals surface area contributed by atoms with Crippen LogP contribution in [0.1, 0.15) is 99.1 Å². The summed E-state index contributed by atoms with van der Waals surface area (Å²) in [6.45, 7) is 10.2. The number of pyridine rings is 4. The number of hydrogen-bond acceptors (Lipinski definition) is 12. The van der Waals surface area contributed by atoms with E-state index in [9.17, 15) is 9.59 Å². The summed E-state index contributed by atoms with van der Waals surface area (Å²) in [4.78, 5) is 49.0. The second kappa shape index (κ2) is 28.9. The van der Waals surface area contributed by atoms with E-state index < -0.39 is 0 Å². The number of benzene rings is 1. The highest BCUT2D eigenvalue weighted by atomic mass is 16.5. The van der Waals surface area contributed by atoms with Gasteiger partial charge in [-0.1, -0.05) is 69.9 Å². The summed E-state index contributed by atoms with van der Waals surface area (Å²) in [5.74, 6) is 1.77. The Hall–Kier alpha value is -5.64. The lowest BCUT2D eigenvalue weighted by Gasteiger charge is -2.25. The minimum absolute atomic E-state index is 0.0248. The van der Waals surface area contributed by atoms with E-state index in [-0.39, 0.29) is 11.8 Å². The maximum Gasteiger partial charge on any atom is 0.225 e. The van der Waals surface area contributed by atoms with Gasteiger partial charge in [0.05, 0.1) is 49.2 Å². The smallest absolute Gasteiger partial charge is 0.225 e. The molecule has 14 heteroatoms. The van der Waals surface area contributed by atoms with Crippen LogP contribution in [0.5, 0.6) is 5.75 Å². The van der Waals surface area contributed by atoms with Crippen LogP contribution in [0, 0.1) is 0 Å². The Morgan fingerprint density at radius 1 is 0.547 bits per heavy atom. The van der Waals surface area contributed by atoms with Gasteiger partial charge < -0.3 is 30.6 Å². The predicted octanol–water partition coefficient (Wildman–Crippen LogP) is 8.08. The van der Waals surface area contributed by atoms with Crippen LogP contribution < -0.4 is 21.1 Å². The number of nitrogens with two attached hydrogens (primary N) is 1. The number of anilines is 2. The van der Waals surface area contributed by atoms with E-state index >= 15 is 0 Å². The van der Waals surface area contributed by atoms with Crippen molar-refractivity contribution < 1.29 is 23.8 Å². The number of carbonyl (C=O) groups excluding carboxylic acids is 2. The number of nitrogens with one attached hydrogen (secondary N) is 2. The number of amides is 2. The Morgan fingerprint density at radius 3 is 1.48 bits per heavy atom. The van der Waals surface area contributed by atoms with Crippen molar-refractivity contribution in [2.75, 3.05) is 50.2 Å². The maximum absolute atomic E-state index is 12.7.